The first-order valence-electron chi connectivity index (χ1n) is 4.61. The number of aliphatic hydroxyl groups is 4. The van der Waals surface area contributed by atoms with Crippen molar-refractivity contribution in [1.82, 2.24) is 0 Å². The van der Waals surface area contributed by atoms with Gasteiger partial charge in [0.25, 0.3) is 0 Å². The van der Waals surface area contributed by atoms with Crippen LogP contribution in [0.25, 0.3) is 0 Å². The Bertz CT molecular complexity index is 205. The van der Waals surface area contributed by atoms with Gasteiger partial charge >= 0.3 is 96.6 Å². The van der Waals surface area contributed by atoms with E-state index in [-0.39, 0.29) is 0 Å². The summed E-state index contributed by atoms with van der Waals surface area (Å²) >= 11 is -0.885. The maximum atomic E-state index is 9.60. The van der Waals surface area contributed by atoms with Crippen LogP contribution in [-0.4, -0.2) is 70.4 Å². The van der Waals surface area contributed by atoms with Gasteiger partial charge in [-0.2, -0.15) is 0 Å². The molecule has 15 heavy (non-hydrogen) atoms. The fraction of sp³-hybridized carbons (Fsp3) is 1.00. The SMILES string of the molecule is C[As](C)SC[C@H]1O[C@@H](O)[C@H](O)[C@@H](O)[C@@H]1O. The third-order valence-corrected chi connectivity index (χ3v) is 7.37. The van der Waals surface area contributed by atoms with Crippen molar-refractivity contribution in [3.63, 3.8) is 0 Å². The first-order chi connectivity index (χ1) is 6.93. The average molecular weight is 300 g/mol. The molecule has 0 spiro atoms. The van der Waals surface area contributed by atoms with Gasteiger partial charge in [-0.3, -0.25) is 0 Å². The molecule has 1 fully saturated rings. The summed E-state index contributed by atoms with van der Waals surface area (Å²) in [5, 5.41) is 37.5. The van der Waals surface area contributed by atoms with Gasteiger partial charge in [0, 0.05) is 0 Å². The summed E-state index contributed by atoms with van der Waals surface area (Å²) in [6.07, 6.45) is -5.93. The molecule has 0 aliphatic carbocycles. The number of hydrogen-bond donors (Lipinski definition) is 4. The summed E-state index contributed by atoms with van der Waals surface area (Å²) in [5.74, 6) is 0.537. The molecule has 0 aromatic rings. The van der Waals surface area contributed by atoms with E-state index in [9.17, 15) is 20.4 Å². The van der Waals surface area contributed by atoms with Crippen LogP contribution < -0.4 is 0 Å². The Kier molecular flexibility index (Phi) is 5.39. The molecule has 0 amide bonds. The molecule has 1 heterocycles. The summed E-state index contributed by atoms with van der Waals surface area (Å²) in [6.45, 7) is 0. The van der Waals surface area contributed by atoms with E-state index in [1.807, 2.05) is 0 Å². The molecule has 1 saturated heterocycles. The summed E-state index contributed by atoms with van der Waals surface area (Å²) in [7, 11) is 1.70. The molecule has 1 aliphatic heterocycles. The number of rotatable bonds is 3. The Hall–Kier alpha value is 0.708. The van der Waals surface area contributed by atoms with Crippen LogP contribution in [0.3, 0.4) is 0 Å². The molecule has 0 unspecified atom stereocenters. The van der Waals surface area contributed by atoms with Gasteiger partial charge in [-0.25, -0.2) is 0 Å². The van der Waals surface area contributed by atoms with E-state index >= 15 is 0 Å². The van der Waals surface area contributed by atoms with Crippen LogP contribution in [0.1, 0.15) is 0 Å². The van der Waals surface area contributed by atoms with Gasteiger partial charge in [0.2, 0.25) is 0 Å². The van der Waals surface area contributed by atoms with E-state index in [4.69, 9.17) is 4.74 Å². The number of hydrogen-bond acceptors (Lipinski definition) is 6. The van der Waals surface area contributed by atoms with E-state index < -0.39 is 44.2 Å². The normalized spacial score (nSPS) is 42.2. The van der Waals surface area contributed by atoms with Crippen molar-refractivity contribution in [2.45, 2.75) is 42.1 Å². The first-order valence-corrected chi connectivity index (χ1v) is 11.6. The molecule has 1 aliphatic rings. The quantitative estimate of drug-likeness (QED) is 0.488. The predicted molar refractivity (Wildman–Crippen MR) is 58.8 cm³/mol. The molecule has 1 rings (SSSR count). The molecule has 0 bridgehead atoms. The Labute approximate surface area is 96.7 Å². The van der Waals surface area contributed by atoms with Gasteiger partial charge in [-0.1, -0.05) is 0 Å². The van der Waals surface area contributed by atoms with Crippen LogP contribution in [0.5, 0.6) is 0 Å². The molecule has 7 heteroatoms. The van der Waals surface area contributed by atoms with Crippen LogP contribution in [0.4, 0.5) is 0 Å². The van der Waals surface area contributed by atoms with Crippen molar-refractivity contribution < 1.29 is 25.2 Å². The second-order valence-corrected chi connectivity index (χ2v) is 13.1. The first kappa shape index (κ1) is 13.8. The molecule has 5 nitrogen and oxygen atoms in total. The van der Waals surface area contributed by atoms with Crippen LogP contribution in [0, 0.1) is 0 Å². The monoisotopic (exact) mass is 300 g/mol. The van der Waals surface area contributed by atoms with Gasteiger partial charge in [0.1, 0.15) is 0 Å². The van der Waals surface area contributed by atoms with E-state index in [1.165, 1.54) is 0 Å². The number of ether oxygens (including phenoxy) is 1. The van der Waals surface area contributed by atoms with Crippen molar-refractivity contribution in [2.24, 2.45) is 0 Å². The summed E-state index contributed by atoms with van der Waals surface area (Å²) in [5.41, 5.74) is 4.29. The van der Waals surface area contributed by atoms with E-state index in [1.54, 1.807) is 10.0 Å². The molecule has 0 radical (unpaired) electrons. The molecular formula is C8H17AsO5S. The zero-order valence-electron chi connectivity index (χ0n) is 8.65. The Morgan fingerprint density at radius 2 is 1.67 bits per heavy atom. The van der Waals surface area contributed by atoms with Crippen LogP contribution in [0.15, 0.2) is 0 Å². The zero-order chi connectivity index (χ0) is 11.6. The topological polar surface area (TPSA) is 90.2 Å². The van der Waals surface area contributed by atoms with Crippen molar-refractivity contribution >= 4 is 23.5 Å². The average Bonchev–Trinajstić information content (AvgIpc) is 2.18. The second kappa shape index (κ2) is 5.87. The molecular weight excluding hydrogens is 283 g/mol. The van der Waals surface area contributed by atoms with Gasteiger partial charge in [-0.05, 0) is 0 Å². The van der Waals surface area contributed by atoms with E-state index in [2.05, 4.69) is 11.4 Å². The molecule has 5 atom stereocenters. The van der Waals surface area contributed by atoms with Crippen molar-refractivity contribution in [2.75, 3.05) is 5.75 Å². The second-order valence-electron chi connectivity index (χ2n) is 3.65. The van der Waals surface area contributed by atoms with Crippen LogP contribution in [0.2, 0.25) is 11.4 Å². The summed E-state index contributed by atoms with van der Waals surface area (Å²) in [6, 6.07) is 0. The Morgan fingerprint density at radius 1 is 1.07 bits per heavy atom. The third kappa shape index (κ3) is 3.59. The number of aliphatic hydroxyl groups excluding tert-OH is 4. The Morgan fingerprint density at radius 3 is 2.20 bits per heavy atom. The predicted octanol–water partition coefficient (Wildman–Crippen LogP) is -1.23. The van der Waals surface area contributed by atoms with Gasteiger partial charge < -0.3 is 0 Å². The molecule has 90 valence electrons. The standard InChI is InChI=1S/C8H17AsO5S/c1-9(2)15-3-4-5(10)6(11)7(12)8(13)14-4/h4-8,10-13H,3H2,1-2H3/t4-,5-,6+,7-,8-/m1/s1. The van der Waals surface area contributed by atoms with Crippen molar-refractivity contribution in [3.05, 3.63) is 0 Å². The molecule has 4 N–H and O–H groups in total. The van der Waals surface area contributed by atoms with Gasteiger partial charge in [-0.15, -0.1) is 0 Å². The van der Waals surface area contributed by atoms with Crippen molar-refractivity contribution in [3.8, 4) is 0 Å². The van der Waals surface area contributed by atoms with Gasteiger partial charge in [0.15, 0.2) is 0 Å². The molecule has 0 aromatic heterocycles. The zero-order valence-corrected chi connectivity index (χ0v) is 11.3. The van der Waals surface area contributed by atoms with E-state index in [0.29, 0.717) is 5.75 Å². The van der Waals surface area contributed by atoms with Crippen LogP contribution >= 0.6 is 10.0 Å². The maximum absolute atomic E-state index is 9.60. The van der Waals surface area contributed by atoms with E-state index in [0.717, 1.165) is 0 Å². The minimum absolute atomic E-state index is 0.537. The summed E-state index contributed by atoms with van der Waals surface area (Å²) < 4.78 is 5.03. The molecule has 0 saturated carbocycles. The fourth-order valence-electron chi connectivity index (χ4n) is 1.29. The van der Waals surface area contributed by atoms with Crippen molar-refractivity contribution in [1.29, 1.82) is 0 Å². The minimum atomic E-state index is -1.43. The van der Waals surface area contributed by atoms with Crippen LogP contribution in [-0.2, 0) is 4.74 Å². The third-order valence-electron chi connectivity index (χ3n) is 2.18. The van der Waals surface area contributed by atoms with Gasteiger partial charge in [0.05, 0.1) is 0 Å². The molecule has 0 aromatic carbocycles. The summed E-state index contributed by atoms with van der Waals surface area (Å²) in [4.78, 5) is 0. The fourth-order valence-corrected chi connectivity index (χ4v) is 4.81. The Balaban J connectivity index is 2.51.